The number of aromatic hydroxyl groups is 1. The molecule has 0 bridgehead atoms. The smallest absolute Gasteiger partial charge is 0.121 e. The molecule has 0 saturated carbocycles. The van der Waals surface area contributed by atoms with Gasteiger partial charge in [0.25, 0.3) is 0 Å². The molecule has 3 nitrogen and oxygen atoms in total. The van der Waals surface area contributed by atoms with Crippen LogP contribution < -0.4 is 0 Å². The number of benzene rings is 1. The molecule has 100 valence electrons. The molecule has 0 amide bonds. The second-order valence-corrected chi connectivity index (χ2v) is 6.81. The van der Waals surface area contributed by atoms with Crippen molar-refractivity contribution in [3.8, 4) is 5.75 Å². The molecule has 0 heterocycles. The molecule has 0 aliphatic rings. The van der Waals surface area contributed by atoms with E-state index in [0.717, 1.165) is 11.1 Å². The highest BCUT2D eigenvalue weighted by atomic mass is 16.3. The summed E-state index contributed by atoms with van der Waals surface area (Å²) >= 11 is 0. The van der Waals surface area contributed by atoms with Crippen LogP contribution in [0.4, 0.5) is 0 Å². The van der Waals surface area contributed by atoms with Crippen LogP contribution in [-0.4, -0.2) is 5.11 Å². The van der Waals surface area contributed by atoms with Crippen molar-refractivity contribution in [3.05, 3.63) is 33.7 Å². The van der Waals surface area contributed by atoms with Gasteiger partial charge in [0.2, 0.25) is 0 Å². The van der Waals surface area contributed by atoms with Crippen molar-refractivity contribution in [2.45, 2.75) is 58.9 Å². The minimum Gasteiger partial charge on any atom is -0.508 e. The minimum atomic E-state index is -0.126. The summed E-state index contributed by atoms with van der Waals surface area (Å²) < 4.78 is 0. The monoisotopic (exact) mass is 249 g/mol. The van der Waals surface area contributed by atoms with Gasteiger partial charge in [-0.2, -0.15) is 4.91 Å². The highest BCUT2D eigenvalue weighted by molar-refractivity contribution is 5.47. The molecule has 0 spiro atoms. The number of nitroso groups, excluding NO2 is 1. The van der Waals surface area contributed by atoms with E-state index in [1.165, 1.54) is 0 Å². The van der Waals surface area contributed by atoms with Crippen LogP contribution >= 0.6 is 0 Å². The summed E-state index contributed by atoms with van der Waals surface area (Å²) in [4.78, 5) is 10.5. The molecular weight excluding hydrogens is 226 g/mol. The van der Waals surface area contributed by atoms with Crippen LogP contribution in [0.25, 0.3) is 0 Å². The molecule has 1 aromatic carbocycles. The average molecular weight is 249 g/mol. The van der Waals surface area contributed by atoms with Crippen molar-refractivity contribution < 1.29 is 5.11 Å². The Morgan fingerprint density at radius 3 is 2.00 bits per heavy atom. The van der Waals surface area contributed by atoms with E-state index in [1.807, 2.05) is 0 Å². The summed E-state index contributed by atoms with van der Waals surface area (Å²) in [6.07, 6.45) is 0. The Morgan fingerprint density at radius 1 is 1.06 bits per heavy atom. The molecular formula is C15H23NO2. The molecule has 0 unspecified atom stereocenters. The van der Waals surface area contributed by atoms with Crippen LogP contribution in [-0.2, 0) is 17.4 Å². The summed E-state index contributed by atoms with van der Waals surface area (Å²) in [5.41, 5.74) is 2.54. The number of nitrogens with zero attached hydrogens (tertiary/aromatic N) is 1. The standard InChI is InChI=1S/C15H23NO2/c1-14(2,3)10-7-12(15(4,5)6)11(9-16-18)13(17)8-10/h7-8,17H,9H2,1-6H3. The third-order valence-corrected chi connectivity index (χ3v) is 3.12. The number of hydrogen-bond acceptors (Lipinski definition) is 3. The number of phenols is 1. The van der Waals surface area contributed by atoms with E-state index < -0.39 is 0 Å². The quantitative estimate of drug-likeness (QED) is 0.796. The van der Waals surface area contributed by atoms with Gasteiger partial charge >= 0.3 is 0 Å². The first-order valence-electron chi connectivity index (χ1n) is 6.23. The maximum absolute atomic E-state index is 10.5. The Kier molecular flexibility index (Phi) is 3.84. The van der Waals surface area contributed by atoms with Crippen molar-refractivity contribution >= 4 is 0 Å². The Bertz CT molecular complexity index is 451. The van der Waals surface area contributed by atoms with Crippen LogP contribution in [0.2, 0.25) is 0 Å². The minimum absolute atomic E-state index is 0.0167. The van der Waals surface area contributed by atoms with Gasteiger partial charge in [-0.05, 0) is 28.0 Å². The second-order valence-electron chi connectivity index (χ2n) is 6.81. The Labute approximate surface area is 109 Å². The first kappa shape index (κ1) is 14.7. The molecule has 1 rings (SSSR count). The predicted molar refractivity (Wildman–Crippen MR) is 75.0 cm³/mol. The highest BCUT2D eigenvalue weighted by Crippen LogP contribution is 2.36. The summed E-state index contributed by atoms with van der Waals surface area (Å²) in [5, 5.41) is 13.1. The van der Waals surface area contributed by atoms with Crippen molar-refractivity contribution in [1.82, 2.24) is 0 Å². The fourth-order valence-electron chi connectivity index (χ4n) is 1.99. The largest absolute Gasteiger partial charge is 0.508 e. The lowest BCUT2D eigenvalue weighted by Gasteiger charge is -2.27. The Balaban J connectivity index is 3.52. The zero-order valence-corrected chi connectivity index (χ0v) is 12.2. The van der Waals surface area contributed by atoms with Gasteiger partial charge in [0.15, 0.2) is 0 Å². The van der Waals surface area contributed by atoms with Gasteiger partial charge in [0.1, 0.15) is 12.3 Å². The average Bonchev–Trinajstić information content (AvgIpc) is 2.17. The lowest BCUT2D eigenvalue weighted by atomic mass is 9.78. The van der Waals surface area contributed by atoms with Crippen molar-refractivity contribution in [1.29, 1.82) is 0 Å². The van der Waals surface area contributed by atoms with Gasteiger partial charge in [-0.15, -0.1) is 0 Å². The van der Waals surface area contributed by atoms with Gasteiger partial charge in [-0.25, -0.2) is 0 Å². The van der Waals surface area contributed by atoms with Gasteiger partial charge in [0.05, 0.1) is 0 Å². The fraction of sp³-hybridized carbons (Fsp3) is 0.600. The molecule has 0 fully saturated rings. The molecule has 0 aliphatic heterocycles. The summed E-state index contributed by atoms with van der Waals surface area (Å²) in [7, 11) is 0. The zero-order valence-electron chi connectivity index (χ0n) is 12.2. The first-order valence-corrected chi connectivity index (χ1v) is 6.23. The fourth-order valence-corrected chi connectivity index (χ4v) is 1.99. The van der Waals surface area contributed by atoms with E-state index in [2.05, 4.69) is 52.8 Å². The van der Waals surface area contributed by atoms with Crippen LogP contribution in [0.5, 0.6) is 5.75 Å². The van der Waals surface area contributed by atoms with E-state index in [4.69, 9.17) is 0 Å². The Hall–Kier alpha value is -1.38. The van der Waals surface area contributed by atoms with E-state index in [1.54, 1.807) is 6.07 Å². The van der Waals surface area contributed by atoms with Crippen LogP contribution in [0.15, 0.2) is 17.3 Å². The van der Waals surface area contributed by atoms with Crippen LogP contribution in [0.1, 0.15) is 58.2 Å². The van der Waals surface area contributed by atoms with E-state index in [0.29, 0.717) is 5.56 Å². The molecule has 0 radical (unpaired) electrons. The van der Waals surface area contributed by atoms with E-state index in [-0.39, 0.29) is 23.1 Å². The first-order chi connectivity index (χ1) is 8.07. The highest BCUT2D eigenvalue weighted by Gasteiger charge is 2.24. The summed E-state index contributed by atoms with van der Waals surface area (Å²) in [5.74, 6) is 0.173. The molecule has 1 aromatic rings. The van der Waals surface area contributed by atoms with Gasteiger partial charge in [0, 0.05) is 5.56 Å². The topological polar surface area (TPSA) is 49.7 Å². The number of hydrogen-bond donors (Lipinski definition) is 1. The van der Waals surface area contributed by atoms with Gasteiger partial charge < -0.3 is 5.11 Å². The van der Waals surface area contributed by atoms with E-state index >= 15 is 0 Å². The molecule has 0 aliphatic carbocycles. The molecule has 0 atom stereocenters. The van der Waals surface area contributed by atoms with Crippen LogP contribution in [0, 0.1) is 4.91 Å². The molecule has 18 heavy (non-hydrogen) atoms. The maximum atomic E-state index is 10.5. The number of phenolic OH excluding ortho intramolecular Hbond substituents is 1. The second kappa shape index (κ2) is 4.71. The van der Waals surface area contributed by atoms with Crippen molar-refractivity contribution in [3.63, 3.8) is 0 Å². The van der Waals surface area contributed by atoms with Crippen molar-refractivity contribution in [2.24, 2.45) is 5.18 Å². The van der Waals surface area contributed by atoms with E-state index in [9.17, 15) is 10.0 Å². The molecule has 3 heteroatoms. The summed E-state index contributed by atoms with van der Waals surface area (Å²) in [6.45, 7) is 12.5. The third-order valence-electron chi connectivity index (χ3n) is 3.12. The zero-order chi connectivity index (χ0) is 14.1. The van der Waals surface area contributed by atoms with Gasteiger partial charge in [-0.1, -0.05) is 52.8 Å². The third kappa shape index (κ3) is 3.09. The van der Waals surface area contributed by atoms with Gasteiger partial charge in [-0.3, -0.25) is 0 Å². The SMILES string of the molecule is CC(C)(C)c1cc(O)c(CN=O)c(C(C)(C)C)c1. The normalized spacial score (nSPS) is 12.6. The maximum Gasteiger partial charge on any atom is 0.121 e. The molecule has 0 saturated heterocycles. The predicted octanol–water partition coefficient (Wildman–Crippen LogP) is 4.25. The lowest BCUT2D eigenvalue weighted by molar-refractivity contribution is 0.457. The number of rotatable bonds is 2. The molecule has 1 N–H and O–H groups in total. The summed E-state index contributed by atoms with van der Waals surface area (Å²) in [6, 6.07) is 3.83. The van der Waals surface area contributed by atoms with Crippen molar-refractivity contribution in [2.75, 3.05) is 0 Å². The van der Waals surface area contributed by atoms with Crippen LogP contribution in [0.3, 0.4) is 0 Å². The lowest BCUT2D eigenvalue weighted by Crippen LogP contribution is -2.18. The molecule has 0 aromatic heterocycles. The Morgan fingerprint density at radius 2 is 1.61 bits per heavy atom.